The maximum Gasteiger partial charge on any atom is 0.418 e. The van der Waals surface area contributed by atoms with Gasteiger partial charge in [-0.25, -0.2) is 14.5 Å². The Morgan fingerprint density at radius 2 is 1.94 bits per heavy atom. The highest BCUT2D eigenvalue weighted by Crippen LogP contribution is 2.41. The summed E-state index contributed by atoms with van der Waals surface area (Å²) in [6.07, 6.45) is -0.639. The van der Waals surface area contributed by atoms with Crippen LogP contribution in [-0.4, -0.2) is 37.6 Å². The van der Waals surface area contributed by atoms with Crippen molar-refractivity contribution in [3.63, 3.8) is 0 Å². The van der Waals surface area contributed by atoms with Gasteiger partial charge in [0.2, 0.25) is 0 Å². The van der Waals surface area contributed by atoms with E-state index in [-0.39, 0.29) is 34.2 Å². The lowest BCUT2D eigenvalue weighted by Gasteiger charge is -2.19. The minimum absolute atomic E-state index is 0.00555. The molecule has 0 radical (unpaired) electrons. The van der Waals surface area contributed by atoms with Crippen molar-refractivity contribution in [2.75, 3.05) is 12.4 Å². The third-order valence-corrected chi connectivity index (χ3v) is 4.60. The molecule has 0 saturated heterocycles. The van der Waals surface area contributed by atoms with E-state index in [0.717, 1.165) is 0 Å². The molecule has 4 rings (SSSR count). The zero-order chi connectivity index (χ0) is 22.2. The summed E-state index contributed by atoms with van der Waals surface area (Å²) < 4.78 is 48.1. The molecule has 1 amide bonds. The standard InChI is InChI=1S/C20H15F3N6O2/c1-11-12(13-7-9-24-19(28-13)31-2)5-6-14(17(11)20(21,22)23)27-18(30)15-10-25-16-4-3-8-26-29(15)16/h3-10H,1-2H3,(H,27,30). The predicted octanol–water partition coefficient (Wildman–Crippen LogP) is 3.77. The largest absolute Gasteiger partial charge is 0.467 e. The van der Waals surface area contributed by atoms with Crippen LogP contribution in [0.15, 0.2) is 48.9 Å². The molecule has 158 valence electrons. The average Bonchev–Trinajstić information content (AvgIpc) is 3.17. The van der Waals surface area contributed by atoms with Gasteiger partial charge in [0.1, 0.15) is 0 Å². The van der Waals surface area contributed by atoms with E-state index in [2.05, 4.69) is 25.4 Å². The lowest BCUT2D eigenvalue weighted by atomic mass is 9.97. The molecule has 31 heavy (non-hydrogen) atoms. The normalized spacial score (nSPS) is 11.5. The minimum atomic E-state index is -4.72. The molecular formula is C20H15F3N6O2. The highest BCUT2D eigenvalue weighted by molar-refractivity contribution is 6.04. The number of aromatic nitrogens is 5. The molecule has 0 saturated carbocycles. The summed E-state index contributed by atoms with van der Waals surface area (Å²) in [4.78, 5) is 24.7. The number of nitrogens with zero attached hydrogens (tertiary/aromatic N) is 5. The second-order valence-corrected chi connectivity index (χ2v) is 6.48. The van der Waals surface area contributed by atoms with Gasteiger partial charge in [-0.05, 0) is 36.8 Å². The van der Waals surface area contributed by atoms with Crippen LogP contribution >= 0.6 is 0 Å². The van der Waals surface area contributed by atoms with Crippen molar-refractivity contribution in [3.05, 3.63) is 65.7 Å². The van der Waals surface area contributed by atoms with Gasteiger partial charge >= 0.3 is 12.2 Å². The number of amides is 1. The molecular weight excluding hydrogens is 413 g/mol. The Morgan fingerprint density at radius 1 is 1.13 bits per heavy atom. The maximum atomic E-state index is 14.0. The summed E-state index contributed by atoms with van der Waals surface area (Å²) in [5.74, 6) is -0.771. The molecule has 0 aliphatic carbocycles. The van der Waals surface area contributed by atoms with Gasteiger partial charge in [0, 0.05) is 18.0 Å². The van der Waals surface area contributed by atoms with Gasteiger partial charge in [-0.15, -0.1) is 0 Å². The Labute approximate surface area is 173 Å². The Bertz CT molecular complexity index is 1290. The van der Waals surface area contributed by atoms with E-state index in [0.29, 0.717) is 5.65 Å². The molecule has 3 heterocycles. The van der Waals surface area contributed by atoms with Crippen molar-refractivity contribution in [2.24, 2.45) is 0 Å². The third kappa shape index (κ3) is 3.77. The van der Waals surface area contributed by atoms with Crippen LogP contribution in [0.3, 0.4) is 0 Å². The molecule has 1 aromatic carbocycles. The van der Waals surface area contributed by atoms with E-state index in [9.17, 15) is 18.0 Å². The molecule has 1 N–H and O–H groups in total. The Morgan fingerprint density at radius 3 is 2.68 bits per heavy atom. The fourth-order valence-electron chi connectivity index (χ4n) is 3.22. The lowest BCUT2D eigenvalue weighted by Crippen LogP contribution is -2.19. The van der Waals surface area contributed by atoms with Crippen molar-refractivity contribution in [1.29, 1.82) is 0 Å². The van der Waals surface area contributed by atoms with E-state index < -0.39 is 17.6 Å². The smallest absolute Gasteiger partial charge is 0.418 e. The molecule has 0 bridgehead atoms. The fourth-order valence-corrected chi connectivity index (χ4v) is 3.22. The van der Waals surface area contributed by atoms with Crippen molar-refractivity contribution in [3.8, 4) is 17.3 Å². The minimum Gasteiger partial charge on any atom is -0.467 e. The number of imidazole rings is 1. The van der Waals surface area contributed by atoms with Crippen LogP contribution in [0.4, 0.5) is 18.9 Å². The Hall–Kier alpha value is -4.02. The first kappa shape index (κ1) is 20.3. The van der Waals surface area contributed by atoms with E-state index in [1.807, 2.05) is 0 Å². The zero-order valence-corrected chi connectivity index (χ0v) is 16.3. The SMILES string of the molecule is COc1nccc(-c2ccc(NC(=O)c3cnc4cccnn34)c(C(F)(F)F)c2C)n1. The van der Waals surface area contributed by atoms with E-state index in [4.69, 9.17) is 4.74 Å². The van der Waals surface area contributed by atoms with Crippen molar-refractivity contribution >= 4 is 17.2 Å². The van der Waals surface area contributed by atoms with E-state index in [1.165, 1.54) is 55.3 Å². The monoisotopic (exact) mass is 428 g/mol. The summed E-state index contributed by atoms with van der Waals surface area (Å²) in [5, 5.41) is 6.34. The first-order chi connectivity index (χ1) is 14.8. The molecule has 3 aromatic heterocycles. The van der Waals surface area contributed by atoms with Gasteiger partial charge in [-0.1, -0.05) is 6.07 Å². The van der Waals surface area contributed by atoms with E-state index >= 15 is 0 Å². The molecule has 8 nitrogen and oxygen atoms in total. The highest BCUT2D eigenvalue weighted by atomic mass is 19.4. The lowest BCUT2D eigenvalue weighted by molar-refractivity contribution is -0.137. The molecule has 0 spiro atoms. The second-order valence-electron chi connectivity index (χ2n) is 6.48. The van der Waals surface area contributed by atoms with E-state index in [1.54, 1.807) is 12.1 Å². The van der Waals surface area contributed by atoms with Gasteiger partial charge < -0.3 is 10.1 Å². The summed E-state index contributed by atoms with van der Waals surface area (Å²) in [5.41, 5.74) is -0.550. The molecule has 0 atom stereocenters. The number of ether oxygens (including phenoxy) is 1. The van der Waals surface area contributed by atoms with Crippen LogP contribution in [0.5, 0.6) is 6.01 Å². The maximum absolute atomic E-state index is 14.0. The molecule has 0 aliphatic heterocycles. The number of halogens is 3. The van der Waals surface area contributed by atoms with Crippen LogP contribution in [0.1, 0.15) is 21.6 Å². The molecule has 0 aliphatic rings. The summed E-state index contributed by atoms with van der Waals surface area (Å²) in [7, 11) is 1.36. The van der Waals surface area contributed by atoms with Crippen molar-refractivity contribution in [1.82, 2.24) is 24.6 Å². The quantitative estimate of drug-likeness (QED) is 0.532. The number of anilines is 1. The number of methoxy groups -OCH3 is 1. The number of rotatable bonds is 4. The number of hydrogen-bond donors (Lipinski definition) is 1. The molecule has 4 aromatic rings. The number of nitrogens with one attached hydrogen (secondary N) is 1. The number of benzene rings is 1. The molecule has 0 unspecified atom stereocenters. The average molecular weight is 428 g/mol. The Kier molecular flexibility index (Phi) is 5.01. The van der Waals surface area contributed by atoms with Crippen LogP contribution in [0.2, 0.25) is 0 Å². The van der Waals surface area contributed by atoms with Crippen molar-refractivity contribution < 1.29 is 22.7 Å². The number of alkyl halides is 3. The van der Waals surface area contributed by atoms with Crippen LogP contribution in [0, 0.1) is 6.92 Å². The number of hydrogen-bond acceptors (Lipinski definition) is 6. The number of carbonyl (C=O) groups excluding carboxylic acids is 1. The summed E-state index contributed by atoms with van der Waals surface area (Å²) in [6.45, 7) is 1.32. The van der Waals surface area contributed by atoms with Gasteiger partial charge in [0.05, 0.1) is 30.3 Å². The molecule has 11 heteroatoms. The van der Waals surface area contributed by atoms with Gasteiger partial charge in [0.15, 0.2) is 11.3 Å². The van der Waals surface area contributed by atoms with Crippen LogP contribution in [-0.2, 0) is 6.18 Å². The Balaban J connectivity index is 1.77. The summed E-state index contributed by atoms with van der Waals surface area (Å²) in [6, 6.07) is 7.41. The first-order valence-corrected chi connectivity index (χ1v) is 8.98. The molecule has 0 fully saturated rings. The fraction of sp³-hybridized carbons (Fsp3) is 0.150. The third-order valence-electron chi connectivity index (χ3n) is 4.60. The number of fused-ring (bicyclic) bond motifs is 1. The summed E-state index contributed by atoms with van der Waals surface area (Å²) >= 11 is 0. The predicted molar refractivity (Wildman–Crippen MR) is 105 cm³/mol. The van der Waals surface area contributed by atoms with Gasteiger partial charge in [0.25, 0.3) is 5.91 Å². The van der Waals surface area contributed by atoms with Crippen LogP contribution < -0.4 is 10.1 Å². The zero-order valence-electron chi connectivity index (χ0n) is 16.3. The second kappa shape index (κ2) is 7.67. The topological polar surface area (TPSA) is 94.3 Å². The first-order valence-electron chi connectivity index (χ1n) is 8.98. The van der Waals surface area contributed by atoms with Gasteiger partial charge in [-0.3, -0.25) is 4.79 Å². The van der Waals surface area contributed by atoms with Crippen molar-refractivity contribution in [2.45, 2.75) is 13.1 Å². The van der Waals surface area contributed by atoms with Gasteiger partial charge in [-0.2, -0.15) is 23.3 Å². The van der Waals surface area contributed by atoms with Crippen LogP contribution in [0.25, 0.3) is 16.9 Å². The highest BCUT2D eigenvalue weighted by Gasteiger charge is 2.37. The number of carbonyl (C=O) groups is 1.